The summed E-state index contributed by atoms with van der Waals surface area (Å²) < 4.78 is 0. The Morgan fingerprint density at radius 3 is 2.86 bits per heavy atom. The van der Waals surface area contributed by atoms with Crippen molar-refractivity contribution in [1.29, 1.82) is 0 Å². The maximum atomic E-state index is 11.5. The molecular weight excluding hydrogens is 182 g/mol. The first-order chi connectivity index (χ1) is 6.70. The number of nitrogens with one attached hydrogen (secondary N) is 2. The molecule has 5 heteroatoms. The van der Waals surface area contributed by atoms with E-state index in [4.69, 9.17) is 5.73 Å². The Kier molecular flexibility index (Phi) is 4.39. The fraction of sp³-hybridized carbons (Fsp3) is 0.778. The highest BCUT2D eigenvalue weighted by molar-refractivity contribution is 5.80. The Morgan fingerprint density at radius 2 is 2.29 bits per heavy atom. The molecule has 0 spiro atoms. The number of rotatable bonds is 4. The van der Waals surface area contributed by atoms with Gasteiger partial charge in [-0.1, -0.05) is 0 Å². The SMILES string of the molecule is NC(=O)CCNC(=O)[C@@H]1CCCNC1. The highest BCUT2D eigenvalue weighted by Gasteiger charge is 2.20. The zero-order valence-corrected chi connectivity index (χ0v) is 8.21. The minimum Gasteiger partial charge on any atom is -0.370 e. The van der Waals surface area contributed by atoms with Gasteiger partial charge in [-0.3, -0.25) is 9.59 Å². The van der Waals surface area contributed by atoms with Crippen LogP contribution in [0, 0.1) is 5.92 Å². The Hall–Kier alpha value is -1.10. The molecule has 2 amide bonds. The van der Waals surface area contributed by atoms with E-state index >= 15 is 0 Å². The van der Waals surface area contributed by atoms with E-state index in [0.29, 0.717) is 6.54 Å². The van der Waals surface area contributed by atoms with Gasteiger partial charge in [0.2, 0.25) is 11.8 Å². The first-order valence-electron chi connectivity index (χ1n) is 4.97. The molecule has 5 nitrogen and oxygen atoms in total. The summed E-state index contributed by atoms with van der Waals surface area (Å²) in [6, 6.07) is 0. The van der Waals surface area contributed by atoms with Crippen molar-refractivity contribution in [3.8, 4) is 0 Å². The van der Waals surface area contributed by atoms with Crippen LogP contribution < -0.4 is 16.4 Å². The van der Waals surface area contributed by atoms with Crippen molar-refractivity contribution in [3.05, 3.63) is 0 Å². The van der Waals surface area contributed by atoms with E-state index in [-0.39, 0.29) is 24.2 Å². The molecule has 0 aliphatic carbocycles. The Balaban J connectivity index is 2.16. The minimum atomic E-state index is -0.382. The smallest absolute Gasteiger partial charge is 0.224 e. The molecule has 0 aromatic rings. The molecule has 1 aliphatic rings. The van der Waals surface area contributed by atoms with E-state index in [1.165, 1.54) is 0 Å². The van der Waals surface area contributed by atoms with Crippen LogP contribution in [0.2, 0.25) is 0 Å². The van der Waals surface area contributed by atoms with Crippen LogP contribution in [0.4, 0.5) is 0 Å². The first kappa shape index (κ1) is 11.0. The van der Waals surface area contributed by atoms with Gasteiger partial charge in [-0.05, 0) is 19.4 Å². The lowest BCUT2D eigenvalue weighted by Gasteiger charge is -2.21. The van der Waals surface area contributed by atoms with Crippen LogP contribution in [0.15, 0.2) is 0 Å². The Labute approximate surface area is 83.4 Å². The predicted molar refractivity (Wildman–Crippen MR) is 52.4 cm³/mol. The third-order valence-electron chi connectivity index (χ3n) is 2.34. The van der Waals surface area contributed by atoms with Crippen LogP contribution in [0.1, 0.15) is 19.3 Å². The van der Waals surface area contributed by atoms with Crippen molar-refractivity contribution < 1.29 is 9.59 Å². The number of primary amides is 1. The van der Waals surface area contributed by atoms with Crippen molar-refractivity contribution >= 4 is 11.8 Å². The molecule has 1 atom stereocenters. The zero-order chi connectivity index (χ0) is 10.4. The molecule has 14 heavy (non-hydrogen) atoms. The summed E-state index contributed by atoms with van der Waals surface area (Å²) in [6.45, 7) is 2.08. The van der Waals surface area contributed by atoms with Gasteiger partial charge in [-0.2, -0.15) is 0 Å². The number of nitrogens with two attached hydrogens (primary N) is 1. The predicted octanol–water partition coefficient (Wildman–Crippen LogP) is -1.02. The molecule has 1 saturated heterocycles. The van der Waals surface area contributed by atoms with Gasteiger partial charge < -0.3 is 16.4 Å². The van der Waals surface area contributed by atoms with Gasteiger partial charge in [0.15, 0.2) is 0 Å². The van der Waals surface area contributed by atoms with Crippen LogP contribution in [-0.2, 0) is 9.59 Å². The number of hydrogen-bond donors (Lipinski definition) is 3. The molecular formula is C9H17N3O2. The van der Waals surface area contributed by atoms with Gasteiger partial charge in [-0.25, -0.2) is 0 Å². The normalized spacial score (nSPS) is 21.6. The van der Waals surface area contributed by atoms with Crippen molar-refractivity contribution in [2.45, 2.75) is 19.3 Å². The summed E-state index contributed by atoms with van der Waals surface area (Å²) in [6.07, 6.45) is 2.18. The van der Waals surface area contributed by atoms with Gasteiger partial charge in [0.1, 0.15) is 0 Å². The van der Waals surface area contributed by atoms with Crippen molar-refractivity contribution in [3.63, 3.8) is 0 Å². The number of amides is 2. The average molecular weight is 199 g/mol. The fourth-order valence-electron chi connectivity index (χ4n) is 1.53. The summed E-state index contributed by atoms with van der Waals surface area (Å²) >= 11 is 0. The highest BCUT2D eigenvalue weighted by Crippen LogP contribution is 2.09. The van der Waals surface area contributed by atoms with Crippen LogP contribution in [0.25, 0.3) is 0 Å². The molecule has 0 saturated carbocycles. The van der Waals surface area contributed by atoms with Gasteiger partial charge in [0, 0.05) is 19.5 Å². The molecule has 80 valence electrons. The van der Waals surface area contributed by atoms with Gasteiger partial charge >= 0.3 is 0 Å². The van der Waals surface area contributed by atoms with Crippen LogP contribution in [-0.4, -0.2) is 31.4 Å². The molecule has 1 fully saturated rings. The lowest BCUT2D eigenvalue weighted by atomic mass is 9.99. The molecule has 1 rings (SSSR count). The summed E-state index contributed by atoms with van der Waals surface area (Å²) in [7, 11) is 0. The molecule has 4 N–H and O–H groups in total. The monoisotopic (exact) mass is 199 g/mol. The summed E-state index contributed by atoms with van der Waals surface area (Å²) in [4.78, 5) is 21.9. The largest absolute Gasteiger partial charge is 0.370 e. The van der Waals surface area contributed by atoms with E-state index in [9.17, 15) is 9.59 Å². The summed E-state index contributed by atoms with van der Waals surface area (Å²) in [5, 5.41) is 5.87. The number of carbonyl (C=O) groups excluding carboxylic acids is 2. The second-order valence-electron chi connectivity index (χ2n) is 3.55. The fourth-order valence-corrected chi connectivity index (χ4v) is 1.53. The van der Waals surface area contributed by atoms with Crippen molar-refractivity contribution in [2.75, 3.05) is 19.6 Å². The van der Waals surface area contributed by atoms with E-state index < -0.39 is 0 Å². The van der Waals surface area contributed by atoms with Crippen LogP contribution >= 0.6 is 0 Å². The number of carbonyl (C=O) groups is 2. The molecule has 0 bridgehead atoms. The second-order valence-corrected chi connectivity index (χ2v) is 3.55. The quantitative estimate of drug-likeness (QED) is 0.541. The lowest BCUT2D eigenvalue weighted by molar-refractivity contribution is -0.125. The van der Waals surface area contributed by atoms with Gasteiger partial charge in [0.05, 0.1) is 5.92 Å². The van der Waals surface area contributed by atoms with Crippen molar-refractivity contribution in [1.82, 2.24) is 10.6 Å². The van der Waals surface area contributed by atoms with Crippen LogP contribution in [0.5, 0.6) is 0 Å². The number of piperidine rings is 1. The summed E-state index contributed by atoms with van der Waals surface area (Å²) in [5.74, 6) is -0.304. The molecule has 0 radical (unpaired) electrons. The van der Waals surface area contributed by atoms with Gasteiger partial charge in [0.25, 0.3) is 0 Å². The summed E-state index contributed by atoms with van der Waals surface area (Å²) in [5.41, 5.74) is 4.95. The molecule has 0 unspecified atom stereocenters. The average Bonchev–Trinajstić information content (AvgIpc) is 2.18. The van der Waals surface area contributed by atoms with E-state index in [0.717, 1.165) is 25.9 Å². The number of hydrogen-bond acceptors (Lipinski definition) is 3. The lowest BCUT2D eigenvalue weighted by Crippen LogP contribution is -2.41. The van der Waals surface area contributed by atoms with Crippen molar-refractivity contribution in [2.24, 2.45) is 11.7 Å². The maximum absolute atomic E-state index is 11.5. The molecule has 1 heterocycles. The molecule has 1 aliphatic heterocycles. The third-order valence-corrected chi connectivity index (χ3v) is 2.34. The molecule has 0 aromatic heterocycles. The van der Waals surface area contributed by atoms with Gasteiger partial charge in [-0.15, -0.1) is 0 Å². The third kappa shape index (κ3) is 3.74. The topological polar surface area (TPSA) is 84.2 Å². The molecule has 0 aromatic carbocycles. The van der Waals surface area contributed by atoms with E-state index in [2.05, 4.69) is 10.6 Å². The first-order valence-corrected chi connectivity index (χ1v) is 4.97. The van der Waals surface area contributed by atoms with Crippen LogP contribution in [0.3, 0.4) is 0 Å². The standard InChI is InChI=1S/C9H17N3O2/c10-8(13)3-5-12-9(14)7-2-1-4-11-6-7/h7,11H,1-6H2,(H2,10,13)(H,12,14)/t7-/m1/s1. The van der Waals surface area contributed by atoms with E-state index in [1.54, 1.807) is 0 Å². The second kappa shape index (κ2) is 5.59. The zero-order valence-electron chi connectivity index (χ0n) is 8.21. The Bertz CT molecular complexity index is 212. The highest BCUT2D eigenvalue weighted by atomic mass is 16.2. The van der Waals surface area contributed by atoms with E-state index in [1.807, 2.05) is 0 Å². The maximum Gasteiger partial charge on any atom is 0.224 e. The Morgan fingerprint density at radius 1 is 1.50 bits per heavy atom. The minimum absolute atomic E-state index is 0.0263.